The number of likely N-dealkylation sites (tertiary alicyclic amines) is 1. The second-order valence-corrected chi connectivity index (χ2v) is 9.87. The number of hydrogen-bond acceptors (Lipinski definition) is 5. The number of esters is 1. The Hall–Kier alpha value is -2.42. The van der Waals surface area contributed by atoms with Gasteiger partial charge in [0.1, 0.15) is 6.61 Å². The molecule has 2 aliphatic rings. The predicted molar refractivity (Wildman–Crippen MR) is 143 cm³/mol. The molecular formula is C29H36F3NO3S. The first-order chi connectivity index (χ1) is 17.8. The number of thiophene rings is 1. The number of carbonyl (C=O) groups excluding carboxylic acids is 1. The summed E-state index contributed by atoms with van der Waals surface area (Å²) in [6.07, 6.45) is 1.90. The molecule has 0 amide bonds. The molecule has 2 aromatic rings. The Bertz CT molecular complexity index is 1070. The molecule has 0 N–H and O–H groups in total. The van der Waals surface area contributed by atoms with E-state index < -0.39 is 12.6 Å². The minimum absolute atomic E-state index is 0.0245. The Morgan fingerprint density at radius 2 is 1.78 bits per heavy atom. The van der Waals surface area contributed by atoms with Gasteiger partial charge in [0.2, 0.25) is 0 Å². The van der Waals surface area contributed by atoms with E-state index in [1.807, 2.05) is 13.8 Å². The molecule has 37 heavy (non-hydrogen) atoms. The maximum absolute atomic E-state index is 12.6. The monoisotopic (exact) mass is 535 g/mol. The Morgan fingerprint density at radius 1 is 1.08 bits per heavy atom. The Kier molecular flexibility index (Phi) is 11.0. The molecule has 0 radical (unpaired) electrons. The molecule has 0 bridgehead atoms. The molecule has 202 valence electrons. The summed E-state index contributed by atoms with van der Waals surface area (Å²) in [4.78, 5) is 15.2. The summed E-state index contributed by atoms with van der Waals surface area (Å²) in [5.74, 6) is -0.333. The lowest BCUT2D eigenvalue weighted by Gasteiger charge is -2.20. The van der Waals surface area contributed by atoms with Gasteiger partial charge in [-0.2, -0.15) is 13.2 Å². The van der Waals surface area contributed by atoms with Crippen LogP contribution in [0.4, 0.5) is 13.2 Å². The van der Waals surface area contributed by atoms with E-state index in [4.69, 9.17) is 9.47 Å². The third-order valence-corrected chi connectivity index (χ3v) is 7.16. The first-order valence-electron chi connectivity index (χ1n) is 12.9. The molecule has 1 aromatic carbocycles. The molecule has 1 aliphatic heterocycles. The van der Waals surface area contributed by atoms with Gasteiger partial charge in [0, 0.05) is 24.5 Å². The van der Waals surface area contributed by atoms with Crippen molar-refractivity contribution in [2.45, 2.75) is 65.3 Å². The highest BCUT2D eigenvalue weighted by molar-refractivity contribution is 7.10. The summed E-state index contributed by atoms with van der Waals surface area (Å²) in [5.41, 5.74) is 4.93. The first kappa shape index (κ1) is 29.1. The lowest BCUT2D eigenvalue weighted by atomic mass is 9.93. The number of alkyl halides is 3. The second-order valence-electron chi connectivity index (χ2n) is 8.88. The van der Waals surface area contributed by atoms with E-state index in [2.05, 4.69) is 28.5 Å². The van der Waals surface area contributed by atoms with Gasteiger partial charge in [-0.15, -0.1) is 11.3 Å². The molecule has 4 nitrogen and oxygen atoms in total. The lowest BCUT2D eigenvalue weighted by molar-refractivity contribution is -0.149. The van der Waals surface area contributed by atoms with E-state index in [1.54, 1.807) is 42.5 Å². The van der Waals surface area contributed by atoms with Crippen LogP contribution in [0, 0.1) is 0 Å². The van der Waals surface area contributed by atoms with Crippen LogP contribution in [-0.2, 0) is 27.2 Å². The van der Waals surface area contributed by atoms with Crippen LogP contribution in [0.3, 0.4) is 0 Å². The number of ether oxygens (including phenoxy) is 2. The van der Waals surface area contributed by atoms with Crippen LogP contribution >= 0.6 is 11.3 Å². The van der Waals surface area contributed by atoms with Gasteiger partial charge in [0.15, 0.2) is 0 Å². The van der Waals surface area contributed by atoms with Crippen LogP contribution in [0.1, 0.15) is 50.5 Å². The summed E-state index contributed by atoms with van der Waals surface area (Å²) >= 11 is 1.68. The number of halogens is 3. The van der Waals surface area contributed by atoms with Crippen molar-refractivity contribution in [3.63, 3.8) is 0 Å². The zero-order valence-electron chi connectivity index (χ0n) is 21.8. The maximum Gasteiger partial charge on any atom is 0.393 e. The van der Waals surface area contributed by atoms with Gasteiger partial charge >= 0.3 is 12.1 Å². The maximum atomic E-state index is 12.6. The van der Waals surface area contributed by atoms with Crippen molar-refractivity contribution in [1.29, 1.82) is 0 Å². The number of benzene rings is 1. The van der Waals surface area contributed by atoms with Crippen LogP contribution < -0.4 is 0 Å². The molecule has 4 rings (SSSR count). The van der Waals surface area contributed by atoms with E-state index in [0.717, 1.165) is 50.0 Å². The van der Waals surface area contributed by atoms with Crippen LogP contribution in [0.5, 0.6) is 0 Å². The summed E-state index contributed by atoms with van der Waals surface area (Å²) in [5, 5.41) is 2.07. The molecule has 1 aromatic heterocycles. The van der Waals surface area contributed by atoms with Gasteiger partial charge in [0.05, 0.1) is 19.1 Å². The molecule has 1 aliphatic carbocycles. The van der Waals surface area contributed by atoms with Crippen molar-refractivity contribution < 1.29 is 27.4 Å². The second kappa shape index (κ2) is 13.9. The van der Waals surface area contributed by atoms with Gasteiger partial charge in [-0.3, -0.25) is 4.90 Å². The Balaban J connectivity index is 0.00000186. The van der Waals surface area contributed by atoms with E-state index >= 15 is 0 Å². The van der Waals surface area contributed by atoms with Crippen LogP contribution in [0.2, 0.25) is 0 Å². The molecular weight excluding hydrogens is 499 g/mol. The van der Waals surface area contributed by atoms with E-state index in [0.29, 0.717) is 6.61 Å². The lowest BCUT2D eigenvalue weighted by Crippen LogP contribution is -2.23. The average molecular weight is 536 g/mol. The number of carbonyl (C=O) groups is 1. The highest BCUT2D eigenvalue weighted by Crippen LogP contribution is 2.32. The third kappa shape index (κ3) is 9.13. The highest BCUT2D eigenvalue weighted by atomic mass is 32.1. The molecule has 8 heteroatoms. The molecule has 1 saturated heterocycles. The SMILES string of the molecule is CC.CCOC(=O)COC1C=C2CCN(Cc3cc(-c4ccc(CC(F)(F)F)cc4)cs3)CCC2=CC1. The number of fused-ring (bicyclic) bond motifs is 1. The van der Waals surface area contributed by atoms with E-state index in [1.165, 1.54) is 16.0 Å². The Labute approximate surface area is 221 Å². The fourth-order valence-corrected chi connectivity index (χ4v) is 5.43. The molecule has 1 fully saturated rings. The fourth-order valence-electron chi connectivity index (χ4n) is 4.50. The van der Waals surface area contributed by atoms with Crippen molar-refractivity contribution in [3.05, 3.63) is 69.5 Å². The van der Waals surface area contributed by atoms with Gasteiger partial charge in [-0.25, -0.2) is 4.79 Å². The highest BCUT2D eigenvalue weighted by Gasteiger charge is 2.27. The zero-order valence-corrected chi connectivity index (χ0v) is 22.6. The average Bonchev–Trinajstić information content (AvgIpc) is 3.25. The van der Waals surface area contributed by atoms with Crippen LogP contribution in [-0.4, -0.2) is 49.5 Å². The molecule has 1 unspecified atom stereocenters. The predicted octanol–water partition coefficient (Wildman–Crippen LogP) is 7.35. The molecule has 2 heterocycles. The third-order valence-electron chi connectivity index (χ3n) is 6.24. The van der Waals surface area contributed by atoms with Gasteiger partial charge in [-0.1, -0.05) is 50.3 Å². The molecule has 0 saturated carbocycles. The quantitative estimate of drug-likeness (QED) is 0.332. The van der Waals surface area contributed by atoms with Crippen LogP contribution in [0.25, 0.3) is 11.1 Å². The van der Waals surface area contributed by atoms with Crippen molar-refractivity contribution in [2.75, 3.05) is 26.3 Å². The zero-order chi connectivity index (χ0) is 26.8. The minimum atomic E-state index is -4.19. The van der Waals surface area contributed by atoms with Crippen LogP contribution in [0.15, 0.2) is 59.0 Å². The van der Waals surface area contributed by atoms with Gasteiger partial charge in [-0.05, 0) is 65.5 Å². The summed E-state index contributed by atoms with van der Waals surface area (Å²) < 4.78 is 48.4. The van der Waals surface area contributed by atoms with Crippen molar-refractivity contribution in [1.82, 2.24) is 4.90 Å². The summed E-state index contributed by atoms with van der Waals surface area (Å²) in [7, 11) is 0. The largest absolute Gasteiger partial charge is 0.464 e. The van der Waals surface area contributed by atoms with Crippen molar-refractivity contribution in [3.8, 4) is 11.1 Å². The number of rotatable bonds is 8. The van der Waals surface area contributed by atoms with E-state index in [9.17, 15) is 18.0 Å². The molecule has 0 spiro atoms. The smallest absolute Gasteiger partial charge is 0.393 e. The van der Waals surface area contributed by atoms with Crippen molar-refractivity contribution in [2.24, 2.45) is 0 Å². The van der Waals surface area contributed by atoms with E-state index in [-0.39, 0.29) is 24.2 Å². The molecule has 1 atom stereocenters. The summed E-state index contributed by atoms with van der Waals surface area (Å²) in [6.45, 7) is 8.87. The summed E-state index contributed by atoms with van der Waals surface area (Å²) in [6, 6.07) is 8.79. The van der Waals surface area contributed by atoms with Crippen molar-refractivity contribution >= 4 is 17.3 Å². The number of hydrogen-bond donors (Lipinski definition) is 0. The standard InChI is InChI=1S/C27H30F3NO3S.C2H6/c1-2-33-26(32)17-34-24-8-7-21-9-11-31(12-10-22(21)13-24)16-25-14-23(18-35-25)20-5-3-19(4-6-20)15-27(28,29)30;1-2/h3-7,13-14,18,24H,2,8-12,15-17H2,1H3;1-2H3. The van der Waals surface area contributed by atoms with Gasteiger partial charge < -0.3 is 9.47 Å². The Morgan fingerprint density at radius 3 is 2.46 bits per heavy atom. The fraction of sp³-hybridized carbons (Fsp3) is 0.483. The number of nitrogens with zero attached hydrogens (tertiary/aromatic N) is 1. The normalized spacial score (nSPS) is 18.1. The van der Waals surface area contributed by atoms with Gasteiger partial charge in [0.25, 0.3) is 0 Å². The first-order valence-corrected chi connectivity index (χ1v) is 13.8. The minimum Gasteiger partial charge on any atom is -0.464 e. The topological polar surface area (TPSA) is 38.8 Å².